The van der Waals surface area contributed by atoms with E-state index in [1.54, 1.807) is 21.0 Å². The van der Waals surface area contributed by atoms with Crippen LogP contribution in [0.5, 0.6) is 0 Å². The number of carbonyl (C=O) groups excluding carboxylic acids is 3. The number of hydrogen-bond acceptors (Lipinski definition) is 4. The topological polar surface area (TPSA) is 81.8 Å². The van der Waals surface area contributed by atoms with E-state index >= 15 is 0 Å². The van der Waals surface area contributed by atoms with Gasteiger partial charge in [0.15, 0.2) is 0 Å². The molecule has 4 amide bonds. The lowest BCUT2D eigenvalue weighted by Crippen LogP contribution is -2.44. The molecule has 1 aliphatic rings. The van der Waals surface area contributed by atoms with Gasteiger partial charge in [0.25, 0.3) is 5.91 Å². The maximum absolute atomic E-state index is 12.8. The molecule has 0 bridgehead atoms. The zero-order valence-corrected chi connectivity index (χ0v) is 15.8. The molecule has 1 aliphatic heterocycles. The summed E-state index contributed by atoms with van der Waals surface area (Å²) in [7, 11) is 3.44. The number of nitrogens with one attached hydrogen (secondary N) is 2. The van der Waals surface area contributed by atoms with Gasteiger partial charge >= 0.3 is 6.03 Å². The summed E-state index contributed by atoms with van der Waals surface area (Å²) >= 11 is 0. The van der Waals surface area contributed by atoms with E-state index in [0.717, 1.165) is 10.5 Å². The average molecular weight is 369 g/mol. The Labute approximate surface area is 154 Å². The molecule has 8 heteroatoms. The Hall–Kier alpha value is -2.12. The molecule has 0 aliphatic carbocycles. The minimum atomic E-state index is -1.14. The van der Waals surface area contributed by atoms with E-state index in [-0.39, 0.29) is 24.9 Å². The predicted octanol–water partition coefficient (Wildman–Crippen LogP) is 0.862. The van der Waals surface area contributed by atoms with Crippen molar-refractivity contribution in [2.45, 2.75) is 19.4 Å². The number of carbonyl (C=O) groups is 3. The Morgan fingerprint density at radius 1 is 1.28 bits per heavy atom. The maximum atomic E-state index is 12.8. The summed E-state index contributed by atoms with van der Waals surface area (Å²) < 4.78 is 0. The highest BCUT2D eigenvalue weighted by Crippen LogP contribution is 2.28. The third-order valence-corrected chi connectivity index (χ3v) is 4.32. The van der Waals surface area contributed by atoms with Crippen LogP contribution in [0.3, 0.4) is 0 Å². The summed E-state index contributed by atoms with van der Waals surface area (Å²) in [5.41, 5.74) is 0.622. The lowest BCUT2D eigenvalue weighted by atomic mass is 9.91. The molecule has 1 saturated heterocycles. The fraction of sp³-hybridized carbons (Fsp3) is 0.471. The van der Waals surface area contributed by atoms with E-state index in [2.05, 4.69) is 10.6 Å². The molecule has 2 N–H and O–H groups in total. The van der Waals surface area contributed by atoms with Crippen molar-refractivity contribution in [3.63, 3.8) is 0 Å². The third kappa shape index (κ3) is 4.29. The van der Waals surface area contributed by atoms with Gasteiger partial charge in [-0.05, 0) is 26.5 Å². The number of hydrogen-bond donors (Lipinski definition) is 2. The predicted molar refractivity (Wildman–Crippen MR) is 97.6 cm³/mol. The van der Waals surface area contributed by atoms with Gasteiger partial charge in [-0.2, -0.15) is 0 Å². The molecule has 1 atom stereocenters. The van der Waals surface area contributed by atoms with E-state index in [1.165, 1.54) is 4.90 Å². The van der Waals surface area contributed by atoms with Crippen LogP contribution in [0.25, 0.3) is 0 Å². The second-order valence-corrected chi connectivity index (χ2v) is 6.23. The normalized spacial score (nSPS) is 19.4. The molecule has 1 unspecified atom stereocenters. The first-order valence-corrected chi connectivity index (χ1v) is 7.89. The van der Waals surface area contributed by atoms with Crippen molar-refractivity contribution in [2.24, 2.45) is 0 Å². The van der Waals surface area contributed by atoms with Crippen LogP contribution in [0.4, 0.5) is 4.79 Å². The smallest absolute Gasteiger partial charge is 0.325 e. The highest BCUT2D eigenvalue weighted by Gasteiger charge is 2.49. The molecular weight excluding hydrogens is 344 g/mol. The molecule has 138 valence electrons. The first-order valence-electron chi connectivity index (χ1n) is 7.89. The first-order chi connectivity index (χ1) is 11.3. The fourth-order valence-corrected chi connectivity index (χ4v) is 2.58. The molecule has 0 saturated carbocycles. The largest absolute Gasteiger partial charge is 0.343 e. The van der Waals surface area contributed by atoms with Crippen LogP contribution < -0.4 is 10.6 Å². The molecule has 25 heavy (non-hydrogen) atoms. The maximum Gasteiger partial charge on any atom is 0.325 e. The SMILES string of the molecule is CNCCN(C)C(=O)CN1C(=O)NC(C)(c2ccc(C)cc2)C1=O.Cl. The number of benzene rings is 1. The lowest BCUT2D eigenvalue weighted by molar-refractivity contribution is -0.138. The van der Waals surface area contributed by atoms with Gasteiger partial charge < -0.3 is 15.5 Å². The van der Waals surface area contributed by atoms with Crippen molar-refractivity contribution in [2.75, 3.05) is 33.7 Å². The van der Waals surface area contributed by atoms with Crippen LogP contribution in [-0.4, -0.2) is 61.4 Å². The summed E-state index contributed by atoms with van der Waals surface area (Å²) in [6, 6.07) is 6.87. The van der Waals surface area contributed by atoms with Gasteiger partial charge in [-0.1, -0.05) is 29.8 Å². The quantitative estimate of drug-likeness (QED) is 0.730. The van der Waals surface area contributed by atoms with E-state index in [0.29, 0.717) is 18.7 Å². The van der Waals surface area contributed by atoms with Crippen molar-refractivity contribution < 1.29 is 14.4 Å². The standard InChI is InChI=1S/C17H24N4O3.ClH/c1-12-5-7-13(8-6-12)17(2)15(23)21(16(24)19-17)11-14(22)20(4)10-9-18-3;/h5-8,18H,9-11H2,1-4H3,(H,19,24);1H. The minimum absolute atomic E-state index is 0. The van der Waals surface area contributed by atoms with Crippen molar-refractivity contribution in [3.8, 4) is 0 Å². The van der Waals surface area contributed by atoms with Crippen LogP contribution in [0.15, 0.2) is 24.3 Å². The molecule has 0 spiro atoms. The van der Waals surface area contributed by atoms with Crippen molar-refractivity contribution in [3.05, 3.63) is 35.4 Å². The highest BCUT2D eigenvalue weighted by molar-refractivity contribution is 6.09. The number of aryl methyl sites for hydroxylation is 1. The fourth-order valence-electron chi connectivity index (χ4n) is 2.58. The molecule has 0 aromatic heterocycles. The molecule has 1 fully saturated rings. The average Bonchev–Trinajstić information content (AvgIpc) is 2.77. The lowest BCUT2D eigenvalue weighted by Gasteiger charge is -2.23. The van der Waals surface area contributed by atoms with Gasteiger partial charge in [-0.15, -0.1) is 12.4 Å². The Bertz CT molecular complexity index is 650. The van der Waals surface area contributed by atoms with Gasteiger partial charge in [0.1, 0.15) is 12.1 Å². The summed E-state index contributed by atoms with van der Waals surface area (Å²) in [4.78, 5) is 39.7. The first kappa shape index (κ1) is 20.9. The summed E-state index contributed by atoms with van der Waals surface area (Å²) in [5.74, 6) is -0.686. The van der Waals surface area contributed by atoms with Crippen LogP contribution in [0.1, 0.15) is 18.1 Å². The number of nitrogens with zero attached hydrogens (tertiary/aromatic N) is 2. The number of urea groups is 1. The molecule has 7 nitrogen and oxygen atoms in total. The Morgan fingerprint density at radius 3 is 2.44 bits per heavy atom. The number of imide groups is 1. The highest BCUT2D eigenvalue weighted by atomic mass is 35.5. The molecule has 0 radical (unpaired) electrons. The third-order valence-electron chi connectivity index (χ3n) is 4.32. The molecule has 2 rings (SSSR count). The summed E-state index contributed by atoms with van der Waals surface area (Å²) in [5, 5.41) is 5.66. The van der Waals surface area contributed by atoms with Crippen LogP contribution in [0, 0.1) is 6.92 Å². The Morgan fingerprint density at radius 2 is 1.88 bits per heavy atom. The van der Waals surface area contributed by atoms with Gasteiger partial charge in [0.05, 0.1) is 0 Å². The van der Waals surface area contributed by atoms with Gasteiger partial charge in [0, 0.05) is 20.1 Å². The van der Waals surface area contributed by atoms with Gasteiger partial charge in [-0.3, -0.25) is 14.5 Å². The van der Waals surface area contributed by atoms with Crippen molar-refractivity contribution >= 4 is 30.3 Å². The Balaban J connectivity index is 0.00000312. The number of amides is 4. The van der Waals surface area contributed by atoms with Crippen molar-refractivity contribution in [1.29, 1.82) is 0 Å². The van der Waals surface area contributed by atoms with Gasteiger partial charge in [0.2, 0.25) is 5.91 Å². The van der Waals surface area contributed by atoms with Crippen molar-refractivity contribution in [1.82, 2.24) is 20.4 Å². The van der Waals surface area contributed by atoms with E-state index < -0.39 is 17.5 Å². The van der Waals surface area contributed by atoms with Crippen LogP contribution >= 0.6 is 12.4 Å². The zero-order valence-electron chi connectivity index (χ0n) is 15.0. The summed E-state index contributed by atoms with van der Waals surface area (Å²) in [6.45, 7) is 4.50. The number of likely N-dealkylation sites (N-methyl/N-ethyl adjacent to an activating group) is 2. The number of halogens is 1. The van der Waals surface area contributed by atoms with Gasteiger partial charge in [-0.25, -0.2) is 4.79 Å². The minimum Gasteiger partial charge on any atom is -0.343 e. The Kier molecular flexibility index (Phi) is 6.96. The van der Waals surface area contributed by atoms with E-state index in [9.17, 15) is 14.4 Å². The molecule has 1 aromatic carbocycles. The number of rotatable bonds is 6. The van der Waals surface area contributed by atoms with E-state index in [4.69, 9.17) is 0 Å². The second kappa shape index (κ2) is 8.31. The molecule has 1 aromatic rings. The van der Waals surface area contributed by atoms with E-state index in [1.807, 2.05) is 31.2 Å². The molecular formula is C17H25ClN4O3. The molecule has 1 heterocycles. The second-order valence-electron chi connectivity index (χ2n) is 6.23. The summed E-state index contributed by atoms with van der Waals surface area (Å²) in [6.07, 6.45) is 0. The van der Waals surface area contributed by atoms with Crippen LogP contribution in [-0.2, 0) is 15.1 Å². The monoisotopic (exact) mass is 368 g/mol. The van der Waals surface area contributed by atoms with Crippen LogP contribution in [0.2, 0.25) is 0 Å². The zero-order chi connectivity index (χ0) is 17.9.